The number of benzene rings is 1. The standard InChI is InChI=1S/C22H33N3O6S/c1-15(2)25(21(27)31-22(3,4)5)14-16-8-7-11-24(13-16)32(28,29)17-9-10-18-19(12-17)30-20(26)23(18)6/h9-10,12,15-16H,7-8,11,13-14H2,1-6H3. The molecule has 0 radical (unpaired) electrons. The molecule has 32 heavy (non-hydrogen) atoms. The lowest BCUT2D eigenvalue weighted by Crippen LogP contribution is -2.48. The lowest BCUT2D eigenvalue weighted by molar-refractivity contribution is 0.0137. The van der Waals surface area contributed by atoms with Gasteiger partial charge in [-0.1, -0.05) is 0 Å². The van der Waals surface area contributed by atoms with Crippen molar-refractivity contribution in [3.8, 4) is 0 Å². The van der Waals surface area contributed by atoms with Crippen LogP contribution < -0.4 is 5.76 Å². The van der Waals surface area contributed by atoms with Crippen LogP contribution in [-0.2, 0) is 21.8 Å². The summed E-state index contributed by atoms with van der Waals surface area (Å²) in [4.78, 5) is 26.2. The molecule has 0 bridgehead atoms. The monoisotopic (exact) mass is 467 g/mol. The Morgan fingerprint density at radius 1 is 1.31 bits per heavy atom. The van der Waals surface area contributed by atoms with Crippen molar-refractivity contribution in [2.45, 2.75) is 64.0 Å². The van der Waals surface area contributed by atoms with Crippen molar-refractivity contribution in [1.82, 2.24) is 13.8 Å². The first-order valence-corrected chi connectivity index (χ1v) is 12.3. The summed E-state index contributed by atoms with van der Waals surface area (Å²) in [5.74, 6) is -0.546. The molecule has 0 saturated carbocycles. The minimum atomic E-state index is -3.77. The Bertz CT molecular complexity index is 1140. The second kappa shape index (κ2) is 8.90. The molecule has 1 aromatic carbocycles. The molecule has 3 rings (SSSR count). The Morgan fingerprint density at radius 2 is 2.00 bits per heavy atom. The Hall–Kier alpha value is -2.33. The Labute approximate surface area is 189 Å². The van der Waals surface area contributed by atoms with Gasteiger partial charge in [-0.25, -0.2) is 18.0 Å². The van der Waals surface area contributed by atoms with Gasteiger partial charge in [-0.15, -0.1) is 0 Å². The third-order valence-corrected chi connectivity index (χ3v) is 7.45. The molecule has 2 heterocycles. The molecule has 9 nitrogen and oxygen atoms in total. The molecule has 1 amide bonds. The van der Waals surface area contributed by atoms with Gasteiger partial charge in [-0.2, -0.15) is 4.31 Å². The van der Waals surface area contributed by atoms with Crippen LogP contribution in [0.2, 0.25) is 0 Å². The third kappa shape index (κ3) is 5.17. The van der Waals surface area contributed by atoms with E-state index >= 15 is 0 Å². The normalized spacial score (nSPS) is 18.3. The average molecular weight is 468 g/mol. The predicted octanol–water partition coefficient (Wildman–Crippen LogP) is 3.18. The number of aromatic nitrogens is 1. The number of nitrogens with zero attached hydrogens (tertiary/aromatic N) is 3. The summed E-state index contributed by atoms with van der Waals surface area (Å²) >= 11 is 0. The largest absolute Gasteiger partial charge is 0.444 e. The van der Waals surface area contributed by atoms with Gasteiger partial charge in [-0.05, 0) is 65.5 Å². The summed E-state index contributed by atoms with van der Waals surface area (Å²) < 4.78 is 40.1. The smallest absolute Gasteiger partial charge is 0.419 e. The number of ether oxygens (including phenoxy) is 1. The van der Waals surface area contributed by atoms with E-state index in [2.05, 4.69) is 0 Å². The first-order valence-electron chi connectivity index (χ1n) is 10.9. The zero-order valence-corrected chi connectivity index (χ0v) is 20.4. The van der Waals surface area contributed by atoms with E-state index in [4.69, 9.17) is 9.15 Å². The van der Waals surface area contributed by atoms with E-state index < -0.39 is 27.5 Å². The summed E-state index contributed by atoms with van der Waals surface area (Å²) in [6.45, 7) is 10.5. The van der Waals surface area contributed by atoms with Crippen LogP contribution in [0.4, 0.5) is 4.79 Å². The van der Waals surface area contributed by atoms with Crippen LogP contribution in [0, 0.1) is 5.92 Å². The Kier molecular flexibility index (Phi) is 6.76. The highest BCUT2D eigenvalue weighted by atomic mass is 32.2. The highest BCUT2D eigenvalue weighted by molar-refractivity contribution is 7.89. The van der Waals surface area contributed by atoms with Gasteiger partial charge in [0, 0.05) is 38.8 Å². The van der Waals surface area contributed by atoms with Gasteiger partial charge in [0.25, 0.3) is 0 Å². The fraction of sp³-hybridized carbons (Fsp3) is 0.636. The average Bonchev–Trinajstić information content (AvgIpc) is 2.98. The van der Waals surface area contributed by atoms with Crippen molar-refractivity contribution < 1.29 is 22.4 Å². The van der Waals surface area contributed by atoms with Gasteiger partial charge in [0.1, 0.15) is 5.60 Å². The van der Waals surface area contributed by atoms with Crippen LogP contribution >= 0.6 is 0 Å². The van der Waals surface area contributed by atoms with Crippen molar-refractivity contribution in [3.05, 3.63) is 28.7 Å². The highest BCUT2D eigenvalue weighted by Gasteiger charge is 2.33. The zero-order chi connectivity index (χ0) is 23.8. The van der Waals surface area contributed by atoms with Crippen LogP contribution in [0.25, 0.3) is 11.1 Å². The van der Waals surface area contributed by atoms with E-state index in [0.717, 1.165) is 6.42 Å². The molecule has 2 aromatic rings. The fourth-order valence-electron chi connectivity index (χ4n) is 3.91. The predicted molar refractivity (Wildman–Crippen MR) is 121 cm³/mol. The molecule has 0 aliphatic carbocycles. The molecule has 178 valence electrons. The molecule has 0 spiro atoms. The van der Waals surface area contributed by atoms with Crippen LogP contribution in [0.5, 0.6) is 0 Å². The first-order chi connectivity index (χ1) is 14.8. The molecule has 1 fully saturated rings. The summed E-state index contributed by atoms with van der Waals surface area (Å²) in [5, 5.41) is 0. The zero-order valence-electron chi connectivity index (χ0n) is 19.6. The Morgan fingerprint density at radius 3 is 2.62 bits per heavy atom. The number of hydrogen-bond donors (Lipinski definition) is 0. The lowest BCUT2D eigenvalue weighted by Gasteiger charge is -2.37. The maximum Gasteiger partial charge on any atom is 0.419 e. The maximum absolute atomic E-state index is 13.3. The van der Waals surface area contributed by atoms with Gasteiger partial charge in [0.15, 0.2) is 5.58 Å². The van der Waals surface area contributed by atoms with E-state index in [1.807, 2.05) is 34.6 Å². The van der Waals surface area contributed by atoms with Crippen molar-refractivity contribution >= 4 is 27.2 Å². The van der Waals surface area contributed by atoms with Crippen molar-refractivity contribution in [2.75, 3.05) is 19.6 Å². The van der Waals surface area contributed by atoms with E-state index in [9.17, 15) is 18.0 Å². The first kappa shape index (κ1) is 24.3. The molecule has 1 atom stereocenters. The summed E-state index contributed by atoms with van der Waals surface area (Å²) in [6.07, 6.45) is 1.13. The van der Waals surface area contributed by atoms with Gasteiger partial charge in [-0.3, -0.25) is 4.57 Å². The van der Waals surface area contributed by atoms with E-state index in [0.29, 0.717) is 31.6 Å². The van der Waals surface area contributed by atoms with E-state index in [1.165, 1.54) is 21.0 Å². The number of amides is 1. The number of carbonyl (C=O) groups is 1. The number of fused-ring (bicyclic) bond motifs is 1. The van der Waals surface area contributed by atoms with Gasteiger partial charge >= 0.3 is 11.8 Å². The number of hydrogen-bond acceptors (Lipinski definition) is 6. The number of sulfonamides is 1. The minimum absolute atomic E-state index is 0.00756. The highest BCUT2D eigenvalue weighted by Crippen LogP contribution is 2.27. The van der Waals surface area contributed by atoms with Gasteiger partial charge < -0.3 is 14.1 Å². The summed E-state index contributed by atoms with van der Waals surface area (Å²) in [7, 11) is -2.20. The molecule has 1 aliphatic heterocycles. The van der Waals surface area contributed by atoms with Crippen LogP contribution in [0.15, 0.2) is 32.3 Å². The van der Waals surface area contributed by atoms with Crippen molar-refractivity contribution in [2.24, 2.45) is 13.0 Å². The van der Waals surface area contributed by atoms with Crippen molar-refractivity contribution in [3.63, 3.8) is 0 Å². The maximum atomic E-state index is 13.3. The molecule has 1 aromatic heterocycles. The number of oxazole rings is 1. The molecule has 10 heteroatoms. The molecule has 0 N–H and O–H groups in total. The molecule has 1 unspecified atom stereocenters. The number of aryl methyl sites for hydroxylation is 1. The molecule has 1 saturated heterocycles. The fourth-order valence-corrected chi connectivity index (χ4v) is 5.48. The summed E-state index contributed by atoms with van der Waals surface area (Å²) in [6, 6.07) is 4.41. The minimum Gasteiger partial charge on any atom is -0.444 e. The molecular weight excluding hydrogens is 434 g/mol. The number of rotatable bonds is 5. The molecular formula is C22H33N3O6S. The third-order valence-electron chi connectivity index (χ3n) is 5.59. The van der Waals surface area contributed by atoms with Crippen LogP contribution in [-0.4, -0.2) is 59.6 Å². The Balaban J connectivity index is 1.78. The van der Waals surface area contributed by atoms with Gasteiger partial charge in [0.05, 0.1) is 10.4 Å². The van der Waals surface area contributed by atoms with Crippen LogP contribution in [0.1, 0.15) is 47.5 Å². The van der Waals surface area contributed by atoms with Gasteiger partial charge in [0.2, 0.25) is 10.0 Å². The number of carbonyl (C=O) groups excluding carboxylic acids is 1. The second-order valence-corrected chi connectivity index (χ2v) is 11.6. The second-order valence-electron chi connectivity index (χ2n) is 9.65. The lowest BCUT2D eigenvalue weighted by atomic mass is 9.98. The number of piperidine rings is 1. The topological polar surface area (TPSA) is 102 Å². The van der Waals surface area contributed by atoms with E-state index in [-0.39, 0.29) is 22.4 Å². The molecule has 1 aliphatic rings. The van der Waals surface area contributed by atoms with Crippen LogP contribution in [0.3, 0.4) is 0 Å². The SMILES string of the molecule is CC(C)N(CC1CCCN(S(=O)(=O)c2ccc3c(c2)oc(=O)n3C)C1)C(=O)OC(C)(C)C. The summed E-state index contributed by atoms with van der Waals surface area (Å²) in [5.41, 5.74) is 0.176. The van der Waals surface area contributed by atoms with E-state index in [1.54, 1.807) is 18.0 Å². The van der Waals surface area contributed by atoms with Crippen molar-refractivity contribution in [1.29, 1.82) is 0 Å². The quantitative estimate of drug-likeness (QED) is 0.669.